The maximum atomic E-state index is 13.8. The van der Waals surface area contributed by atoms with E-state index in [1.54, 1.807) is 6.08 Å². The smallest absolute Gasteiger partial charge is 0.271 e. The molecular formula is C31H22N4O2. The van der Waals surface area contributed by atoms with Gasteiger partial charge in [0.25, 0.3) is 11.8 Å². The Hall–Kier alpha value is -5.10. The summed E-state index contributed by atoms with van der Waals surface area (Å²) in [6.07, 6.45) is 1.72. The van der Waals surface area contributed by atoms with E-state index in [9.17, 15) is 9.59 Å². The fourth-order valence-electron chi connectivity index (χ4n) is 4.50. The fourth-order valence-corrected chi connectivity index (χ4v) is 4.50. The lowest BCUT2D eigenvalue weighted by Gasteiger charge is -2.14. The van der Waals surface area contributed by atoms with E-state index in [0.29, 0.717) is 28.4 Å². The van der Waals surface area contributed by atoms with Gasteiger partial charge in [-0.3, -0.25) is 9.59 Å². The van der Waals surface area contributed by atoms with Gasteiger partial charge in [0.15, 0.2) is 0 Å². The summed E-state index contributed by atoms with van der Waals surface area (Å²) in [6, 6.07) is 37.7. The minimum absolute atomic E-state index is 0.226. The molecule has 0 saturated carbocycles. The van der Waals surface area contributed by atoms with E-state index < -0.39 is 5.92 Å². The summed E-state index contributed by atoms with van der Waals surface area (Å²) in [6.45, 7) is 0. The molecule has 2 aliphatic rings. The minimum Gasteiger partial charge on any atom is -0.271 e. The number of carbonyl (C=O) groups is 2. The lowest BCUT2D eigenvalue weighted by Crippen LogP contribution is -2.28. The molecule has 2 amide bonds. The number of benzene rings is 4. The number of para-hydroxylation sites is 2. The molecule has 4 aromatic rings. The molecule has 1 atom stereocenters. The second-order valence-corrected chi connectivity index (χ2v) is 8.66. The first-order valence-electron chi connectivity index (χ1n) is 12.0. The van der Waals surface area contributed by atoms with Crippen LogP contribution in [0.15, 0.2) is 143 Å². The first-order valence-corrected chi connectivity index (χ1v) is 12.0. The highest BCUT2D eigenvalue weighted by atomic mass is 16.2. The van der Waals surface area contributed by atoms with Crippen molar-refractivity contribution in [2.75, 3.05) is 10.0 Å². The second-order valence-electron chi connectivity index (χ2n) is 8.66. The van der Waals surface area contributed by atoms with Gasteiger partial charge in [0.2, 0.25) is 0 Å². The summed E-state index contributed by atoms with van der Waals surface area (Å²) in [7, 11) is 0. The number of nitrogens with zero attached hydrogens (tertiary/aromatic N) is 4. The van der Waals surface area contributed by atoms with Crippen molar-refractivity contribution in [3.63, 3.8) is 0 Å². The maximum absolute atomic E-state index is 13.8. The highest BCUT2D eigenvalue weighted by Crippen LogP contribution is 2.32. The largest absolute Gasteiger partial charge is 0.280 e. The van der Waals surface area contributed by atoms with Gasteiger partial charge in [-0.15, -0.1) is 0 Å². The van der Waals surface area contributed by atoms with Crippen LogP contribution in [-0.2, 0) is 9.59 Å². The van der Waals surface area contributed by atoms with Gasteiger partial charge in [0.05, 0.1) is 22.7 Å². The van der Waals surface area contributed by atoms with Crippen LogP contribution >= 0.6 is 0 Å². The zero-order valence-electron chi connectivity index (χ0n) is 19.8. The summed E-state index contributed by atoms with van der Waals surface area (Å²) in [5, 5.41) is 12.2. The molecule has 0 radical (unpaired) electrons. The van der Waals surface area contributed by atoms with Gasteiger partial charge in [0.1, 0.15) is 11.6 Å². The Morgan fingerprint density at radius 2 is 1.05 bits per heavy atom. The molecule has 0 aromatic heterocycles. The van der Waals surface area contributed by atoms with Crippen molar-refractivity contribution < 1.29 is 9.59 Å². The van der Waals surface area contributed by atoms with E-state index in [1.165, 1.54) is 10.0 Å². The van der Waals surface area contributed by atoms with Crippen LogP contribution < -0.4 is 10.0 Å². The molecule has 0 saturated heterocycles. The molecular weight excluding hydrogens is 460 g/mol. The van der Waals surface area contributed by atoms with Crippen molar-refractivity contribution in [3.05, 3.63) is 144 Å². The zero-order valence-corrected chi connectivity index (χ0v) is 19.8. The van der Waals surface area contributed by atoms with Crippen LogP contribution in [-0.4, -0.2) is 23.2 Å². The Balaban J connectivity index is 1.48. The van der Waals surface area contributed by atoms with Crippen LogP contribution in [0, 0.1) is 5.92 Å². The Labute approximate surface area is 214 Å². The summed E-state index contributed by atoms with van der Waals surface area (Å²) in [4.78, 5) is 27.5. The predicted molar refractivity (Wildman–Crippen MR) is 145 cm³/mol. The first kappa shape index (κ1) is 22.4. The predicted octanol–water partition coefficient (Wildman–Crippen LogP) is 5.43. The van der Waals surface area contributed by atoms with Crippen LogP contribution in [0.1, 0.15) is 11.1 Å². The molecule has 2 heterocycles. The van der Waals surface area contributed by atoms with Crippen LogP contribution in [0.3, 0.4) is 0 Å². The summed E-state index contributed by atoms with van der Waals surface area (Å²) >= 11 is 0. The van der Waals surface area contributed by atoms with Gasteiger partial charge in [-0.1, -0.05) is 103 Å². The van der Waals surface area contributed by atoms with Crippen molar-refractivity contribution in [3.8, 4) is 0 Å². The van der Waals surface area contributed by atoms with E-state index in [2.05, 4.69) is 0 Å². The Morgan fingerprint density at radius 3 is 1.62 bits per heavy atom. The maximum Gasteiger partial charge on any atom is 0.280 e. The van der Waals surface area contributed by atoms with Gasteiger partial charge < -0.3 is 0 Å². The zero-order chi connectivity index (χ0) is 25.2. The van der Waals surface area contributed by atoms with Gasteiger partial charge in [-0.2, -0.15) is 20.2 Å². The number of hydrazone groups is 2. The van der Waals surface area contributed by atoms with Crippen LogP contribution in [0.2, 0.25) is 0 Å². The van der Waals surface area contributed by atoms with Gasteiger partial charge in [-0.05, 0) is 29.8 Å². The molecule has 2 aliphatic heterocycles. The molecule has 1 unspecified atom stereocenters. The Morgan fingerprint density at radius 1 is 0.568 bits per heavy atom. The van der Waals surface area contributed by atoms with Gasteiger partial charge >= 0.3 is 0 Å². The van der Waals surface area contributed by atoms with E-state index in [0.717, 1.165) is 11.1 Å². The van der Waals surface area contributed by atoms with Crippen LogP contribution in [0.5, 0.6) is 0 Å². The SMILES string of the molecule is O=C1C(=CC2C(=O)N(c3ccccc3)N=C2c2ccccc2)C(c2ccccc2)=NN1c1ccccc1. The molecule has 0 aliphatic carbocycles. The van der Waals surface area contributed by atoms with E-state index >= 15 is 0 Å². The van der Waals surface area contributed by atoms with Crippen molar-refractivity contribution in [1.29, 1.82) is 0 Å². The quantitative estimate of drug-likeness (QED) is 0.356. The molecule has 6 rings (SSSR count). The number of amides is 2. The van der Waals surface area contributed by atoms with Crippen LogP contribution in [0.4, 0.5) is 11.4 Å². The van der Waals surface area contributed by atoms with Crippen molar-refractivity contribution in [1.82, 2.24) is 0 Å². The first-order chi connectivity index (χ1) is 18.2. The molecule has 0 bridgehead atoms. The molecule has 6 heteroatoms. The fraction of sp³-hybridized carbons (Fsp3) is 0.0323. The lowest BCUT2D eigenvalue weighted by atomic mass is 9.92. The monoisotopic (exact) mass is 482 g/mol. The van der Waals surface area contributed by atoms with Crippen LogP contribution in [0.25, 0.3) is 0 Å². The number of hydrogen-bond acceptors (Lipinski definition) is 4. The minimum atomic E-state index is -0.758. The topological polar surface area (TPSA) is 65.3 Å². The number of hydrogen-bond donors (Lipinski definition) is 0. The molecule has 6 nitrogen and oxygen atoms in total. The van der Waals surface area contributed by atoms with Crippen molar-refractivity contribution >= 4 is 34.6 Å². The highest BCUT2D eigenvalue weighted by molar-refractivity contribution is 6.36. The standard InChI is InChI=1S/C31H22N4O2/c36-30-26(28(22-13-5-1-6-14-22)32-34(30)24-17-9-3-10-18-24)21-27-29(23-15-7-2-8-16-23)33-35(31(27)37)25-19-11-4-12-20-25/h1-21,26H. The third-order valence-electron chi connectivity index (χ3n) is 6.31. The third-order valence-corrected chi connectivity index (χ3v) is 6.31. The van der Waals surface area contributed by atoms with Crippen molar-refractivity contribution in [2.45, 2.75) is 0 Å². The molecule has 37 heavy (non-hydrogen) atoms. The highest BCUT2D eigenvalue weighted by Gasteiger charge is 2.40. The molecule has 178 valence electrons. The third kappa shape index (κ3) is 4.15. The molecule has 0 N–H and O–H groups in total. The summed E-state index contributed by atoms with van der Waals surface area (Å²) in [5.41, 5.74) is 4.41. The normalized spacial score (nSPS) is 18.4. The van der Waals surface area contributed by atoms with E-state index in [-0.39, 0.29) is 11.8 Å². The van der Waals surface area contributed by atoms with Gasteiger partial charge in [-0.25, -0.2) is 0 Å². The van der Waals surface area contributed by atoms with E-state index in [4.69, 9.17) is 10.2 Å². The van der Waals surface area contributed by atoms with Gasteiger partial charge in [0, 0.05) is 5.56 Å². The molecule has 0 fully saturated rings. The average molecular weight is 483 g/mol. The molecule has 4 aromatic carbocycles. The average Bonchev–Trinajstić information content (AvgIpc) is 3.47. The summed E-state index contributed by atoms with van der Waals surface area (Å²) in [5.74, 6) is -1.27. The summed E-state index contributed by atoms with van der Waals surface area (Å²) < 4.78 is 0. The molecule has 0 spiro atoms. The number of anilines is 2. The number of carbonyl (C=O) groups excluding carboxylic acids is 2. The lowest BCUT2D eigenvalue weighted by molar-refractivity contribution is -0.118. The van der Waals surface area contributed by atoms with Crippen molar-refractivity contribution in [2.24, 2.45) is 16.1 Å². The second kappa shape index (κ2) is 9.51. The Kier molecular flexibility index (Phi) is 5.75. The van der Waals surface area contributed by atoms with E-state index in [1.807, 2.05) is 121 Å². The Bertz CT molecular complexity index is 1550. The number of rotatable bonds is 5.